The van der Waals surface area contributed by atoms with Gasteiger partial charge < -0.3 is 9.47 Å². The van der Waals surface area contributed by atoms with Crippen LogP contribution in [0, 0.1) is 0 Å². The van der Waals surface area contributed by atoms with Crippen LogP contribution in [0.15, 0.2) is 24.3 Å². The highest BCUT2D eigenvalue weighted by Gasteiger charge is 2.36. The normalized spacial score (nSPS) is 34.3. The summed E-state index contributed by atoms with van der Waals surface area (Å²) in [7, 11) is -2.23. The Balaban J connectivity index is 1.53. The van der Waals surface area contributed by atoms with E-state index in [1.807, 2.05) is 0 Å². The Morgan fingerprint density at radius 1 is 1.15 bits per heavy atom. The van der Waals surface area contributed by atoms with Crippen LogP contribution in [0.4, 0.5) is 0 Å². The number of nitrogens with one attached hydrogen (secondary N) is 1. The maximum atomic E-state index is 12.2. The van der Waals surface area contributed by atoms with Crippen molar-refractivity contribution in [1.82, 2.24) is 9.62 Å². The first-order valence-corrected chi connectivity index (χ1v) is 12.3. The molecule has 2 fully saturated rings. The fourth-order valence-corrected chi connectivity index (χ4v) is 5.79. The lowest BCUT2D eigenvalue weighted by Gasteiger charge is -2.32. The van der Waals surface area contributed by atoms with Crippen LogP contribution in [0.3, 0.4) is 0 Å². The van der Waals surface area contributed by atoms with Crippen LogP contribution in [0.5, 0.6) is 5.75 Å². The van der Waals surface area contributed by atoms with E-state index in [9.17, 15) is 4.21 Å². The summed E-state index contributed by atoms with van der Waals surface area (Å²) < 4.78 is 28.0. The molecule has 0 amide bonds. The minimum Gasteiger partial charge on any atom is -0.492 e. The van der Waals surface area contributed by atoms with Crippen LogP contribution < -0.4 is 9.46 Å². The second-order valence-corrected chi connectivity index (χ2v) is 10.6. The van der Waals surface area contributed by atoms with E-state index in [2.05, 4.69) is 39.8 Å². The molecule has 0 spiro atoms. The van der Waals surface area contributed by atoms with E-state index in [1.165, 1.54) is 5.56 Å². The molecule has 2 unspecified atom stereocenters. The third kappa shape index (κ3) is 4.67. The monoisotopic (exact) mass is 392 g/mol. The highest BCUT2D eigenvalue weighted by atomic mass is 32.2. The molecule has 3 heterocycles. The number of hydrogen-bond donors (Lipinski definition) is 1. The molecule has 1 saturated heterocycles. The zero-order chi connectivity index (χ0) is 18.9. The lowest BCUT2D eigenvalue weighted by atomic mass is 9.82. The highest BCUT2D eigenvalue weighted by Crippen LogP contribution is 2.38. The Morgan fingerprint density at radius 2 is 1.93 bits per heavy atom. The van der Waals surface area contributed by atoms with Crippen LogP contribution in [-0.2, 0) is 14.4 Å². The molecule has 2 bridgehead atoms. The summed E-state index contributed by atoms with van der Waals surface area (Å²) in [5, 5.41) is 0. The zero-order valence-corrected chi connectivity index (χ0v) is 17.1. The van der Waals surface area contributed by atoms with Gasteiger partial charge in [0.15, 0.2) is 0 Å². The van der Waals surface area contributed by atoms with Crippen LogP contribution in [0.25, 0.3) is 0 Å². The molecule has 4 aliphatic rings. The molecule has 150 valence electrons. The van der Waals surface area contributed by atoms with Gasteiger partial charge in [-0.25, -0.2) is 4.72 Å². The topological polar surface area (TPSA) is 50.8 Å². The highest BCUT2D eigenvalue weighted by molar-refractivity contribution is 7.97. The Bertz CT molecular complexity index is 744. The summed E-state index contributed by atoms with van der Waals surface area (Å²) in [5.41, 5.74) is 1.36. The van der Waals surface area contributed by atoms with E-state index in [0.717, 1.165) is 50.9 Å². The van der Waals surface area contributed by atoms with Crippen LogP contribution in [-0.4, -0.2) is 65.7 Å². The predicted molar refractivity (Wildman–Crippen MR) is 111 cm³/mol. The summed E-state index contributed by atoms with van der Waals surface area (Å²) in [5.74, 6) is 5.40. The molecule has 1 aromatic carbocycles. The molecular weight excluding hydrogens is 360 g/mol. The average Bonchev–Trinajstić information content (AvgIpc) is 3.01. The number of nitrogens with zero attached hydrogens (tertiary/aromatic N) is 1. The minimum atomic E-state index is -2.23. The second-order valence-electron chi connectivity index (χ2n) is 8.31. The third-order valence-corrected chi connectivity index (χ3v) is 7.03. The standard InChI is InChI=1S/C21H32N2O3S/c1-27(2,24)22-19-11-12-23-13-14-25-21-6-4-3-5-18(21)16-7-9-17(10-8-16)26-15-20(19)23/h3-6,16-17,19-20H,1,7-15H2,2H3,(H,22,24)/t16?,17?,19-,20?,27?/m0/s1. The summed E-state index contributed by atoms with van der Waals surface area (Å²) in [6.45, 7) is 3.19. The molecule has 1 saturated carbocycles. The van der Waals surface area contributed by atoms with Gasteiger partial charge in [0.2, 0.25) is 0 Å². The maximum absolute atomic E-state index is 12.2. The van der Waals surface area contributed by atoms with Gasteiger partial charge in [0.1, 0.15) is 12.4 Å². The van der Waals surface area contributed by atoms with Gasteiger partial charge in [0, 0.05) is 41.1 Å². The number of hydrogen-bond acceptors (Lipinski definition) is 4. The fraction of sp³-hybridized carbons (Fsp3) is 0.667. The lowest BCUT2D eigenvalue weighted by molar-refractivity contribution is -0.00646. The summed E-state index contributed by atoms with van der Waals surface area (Å²) in [4.78, 5) is 2.43. The molecule has 0 radical (unpaired) electrons. The quantitative estimate of drug-likeness (QED) is 0.786. The predicted octanol–water partition coefficient (Wildman–Crippen LogP) is 2.42. The Morgan fingerprint density at radius 3 is 2.70 bits per heavy atom. The lowest BCUT2D eigenvalue weighted by Crippen LogP contribution is -2.48. The van der Waals surface area contributed by atoms with Crippen LogP contribution in [0.2, 0.25) is 0 Å². The fourth-order valence-electron chi connectivity index (χ4n) is 4.87. The van der Waals surface area contributed by atoms with Crippen molar-refractivity contribution in [2.75, 3.05) is 32.6 Å². The first-order valence-electron chi connectivity index (χ1n) is 10.2. The van der Waals surface area contributed by atoms with Crippen molar-refractivity contribution < 1.29 is 13.7 Å². The Kier molecular flexibility index (Phi) is 5.78. The number of benzene rings is 1. The molecule has 5 nitrogen and oxygen atoms in total. The third-order valence-electron chi connectivity index (χ3n) is 6.23. The van der Waals surface area contributed by atoms with Gasteiger partial charge in [-0.3, -0.25) is 9.11 Å². The van der Waals surface area contributed by atoms with Gasteiger partial charge in [-0.15, -0.1) is 0 Å². The largest absolute Gasteiger partial charge is 0.492 e. The van der Waals surface area contributed by atoms with Crippen molar-refractivity contribution in [3.8, 4) is 5.75 Å². The van der Waals surface area contributed by atoms with Gasteiger partial charge in [0.05, 0.1) is 12.7 Å². The van der Waals surface area contributed by atoms with Crippen LogP contribution in [0.1, 0.15) is 43.6 Å². The summed E-state index contributed by atoms with van der Waals surface area (Å²) >= 11 is 0. The molecule has 3 aliphatic heterocycles. The smallest absolute Gasteiger partial charge is 0.122 e. The van der Waals surface area contributed by atoms with Crippen molar-refractivity contribution in [3.63, 3.8) is 0 Å². The molecule has 1 N–H and O–H groups in total. The van der Waals surface area contributed by atoms with Gasteiger partial charge >= 0.3 is 0 Å². The van der Waals surface area contributed by atoms with E-state index in [4.69, 9.17) is 9.47 Å². The molecule has 3 atom stereocenters. The number of fused-ring (bicyclic) bond motifs is 5. The maximum Gasteiger partial charge on any atom is 0.122 e. The van der Waals surface area contributed by atoms with Crippen molar-refractivity contribution in [1.29, 1.82) is 0 Å². The van der Waals surface area contributed by atoms with Crippen LogP contribution >= 0.6 is 0 Å². The number of para-hydroxylation sites is 1. The van der Waals surface area contributed by atoms with Gasteiger partial charge in [-0.05, 0) is 55.5 Å². The molecule has 1 aromatic rings. The second kappa shape index (κ2) is 8.11. The first kappa shape index (κ1) is 19.2. The van der Waals surface area contributed by atoms with Crippen molar-refractivity contribution in [2.45, 2.75) is 56.2 Å². The Hall–Kier alpha value is -1.08. The Labute approximate surface area is 163 Å². The van der Waals surface area contributed by atoms with E-state index in [0.29, 0.717) is 25.2 Å². The van der Waals surface area contributed by atoms with Gasteiger partial charge in [-0.2, -0.15) is 0 Å². The summed E-state index contributed by atoms with van der Waals surface area (Å²) in [6.07, 6.45) is 7.50. The molecule has 5 rings (SSSR count). The molecule has 0 aromatic heterocycles. The van der Waals surface area contributed by atoms with Gasteiger partial charge in [-0.1, -0.05) is 18.2 Å². The SMILES string of the molecule is C=S(C)(=O)N[C@H]1CCN2CCOc3ccccc3C3CCC(CC3)OCC12. The van der Waals surface area contributed by atoms with E-state index in [-0.39, 0.29) is 12.1 Å². The number of rotatable bonds is 2. The molecular formula is C21H32N2O3S. The van der Waals surface area contributed by atoms with Crippen molar-refractivity contribution >= 4 is 15.6 Å². The minimum absolute atomic E-state index is 0.161. The molecule has 1 aliphatic carbocycles. The van der Waals surface area contributed by atoms with E-state index >= 15 is 0 Å². The average molecular weight is 393 g/mol. The molecule has 6 heteroatoms. The first-order chi connectivity index (χ1) is 13.0. The van der Waals surface area contributed by atoms with Crippen molar-refractivity contribution in [3.05, 3.63) is 29.8 Å². The van der Waals surface area contributed by atoms with Crippen molar-refractivity contribution in [2.24, 2.45) is 0 Å². The number of ether oxygens (including phenoxy) is 2. The zero-order valence-electron chi connectivity index (χ0n) is 16.3. The molecule has 27 heavy (non-hydrogen) atoms. The van der Waals surface area contributed by atoms with E-state index < -0.39 is 9.71 Å². The van der Waals surface area contributed by atoms with Gasteiger partial charge in [0.25, 0.3) is 0 Å². The van der Waals surface area contributed by atoms with E-state index in [1.54, 1.807) is 6.26 Å². The summed E-state index contributed by atoms with van der Waals surface area (Å²) in [6, 6.07) is 8.91.